The number of nitrogens with zero attached hydrogens (tertiary/aromatic N) is 4. The molecule has 24 heavy (non-hydrogen) atoms. The number of anilines is 1. The molecule has 2 N–H and O–H groups in total. The second kappa shape index (κ2) is 7.10. The van der Waals surface area contributed by atoms with Crippen LogP contribution < -0.4 is 10.6 Å². The van der Waals surface area contributed by atoms with E-state index in [1.807, 2.05) is 19.1 Å². The van der Waals surface area contributed by atoms with Crippen LogP contribution in [0.5, 0.6) is 0 Å². The third-order valence-corrected chi connectivity index (χ3v) is 3.59. The van der Waals surface area contributed by atoms with Gasteiger partial charge in [0, 0.05) is 30.0 Å². The van der Waals surface area contributed by atoms with Gasteiger partial charge in [-0.15, -0.1) is 0 Å². The lowest BCUT2D eigenvalue weighted by Crippen LogP contribution is -2.28. The number of urea groups is 1. The lowest BCUT2D eigenvalue weighted by atomic mass is 10.2. The number of halogens is 1. The summed E-state index contributed by atoms with van der Waals surface area (Å²) in [4.78, 5) is 24.4. The molecule has 0 bridgehead atoms. The average molecular weight is 343 g/mol. The van der Waals surface area contributed by atoms with E-state index in [0.717, 1.165) is 11.4 Å². The van der Waals surface area contributed by atoms with Crippen LogP contribution in [0, 0.1) is 6.92 Å². The molecule has 0 saturated heterocycles. The fourth-order valence-corrected chi connectivity index (χ4v) is 2.24. The highest BCUT2D eigenvalue weighted by atomic mass is 35.5. The first-order chi connectivity index (χ1) is 11.6. The van der Waals surface area contributed by atoms with Crippen LogP contribution in [0.4, 0.5) is 10.6 Å². The van der Waals surface area contributed by atoms with Crippen LogP contribution >= 0.6 is 11.6 Å². The molecule has 0 aliphatic rings. The van der Waals surface area contributed by atoms with Gasteiger partial charge in [-0.25, -0.2) is 19.7 Å². The van der Waals surface area contributed by atoms with Crippen molar-refractivity contribution < 1.29 is 4.79 Å². The molecule has 2 aromatic heterocycles. The van der Waals surface area contributed by atoms with Crippen molar-refractivity contribution in [2.45, 2.75) is 13.5 Å². The Morgan fingerprint density at radius 1 is 1.21 bits per heavy atom. The molecule has 7 nitrogen and oxygen atoms in total. The smallest absolute Gasteiger partial charge is 0.320 e. The predicted molar refractivity (Wildman–Crippen MR) is 91.2 cm³/mol. The molecule has 0 saturated carbocycles. The summed E-state index contributed by atoms with van der Waals surface area (Å²) in [5, 5.41) is 6.10. The third-order valence-electron chi connectivity index (χ3n) is 3.33. The van der Waals surface area contributed by atoms with Gasteiger partial charge in [-0.1, -0.05) is 23.7 Å². The molecule has 3 rings (SSSR count). The zero-order chi connectivity index (χ0) is 16.9. The lowest BCUT2D eigenvalue weighted by molar-refractivity contribution is 0.251. The summed E-state index contributed by atoms with van der Waals surface area (Å²) in [6, 6.07) is 8.59. The van der Waals surface area contributed by atoms with Crippen molar-refractivity contribution in [3.8, 4) is 5.82 Å². The second-order valence-corrected chi connectivity index (χ2v) is 5.48. The van der Waals surface area contributed by atoms with Gasteiger partial charge in [0.25, 0.3) is 0 Å². The fraction of sp³-hybridized carbons (Fsp3) is 0.125. The standard InChI is InChI=1S/C16H15ClN6O/c1-11-18-6-7-23(11)15-8-14(20-10-21-15)22-16(24)19-9-12-2-4-13(17)5-3-12/h2-8,10H,9H2,1H3,(H2,19,20,21,22,24). The number of amides is 2. The van der Waals surface area contributed by atoms with E-state index in [2.05, 4.69) is 25.6 Å². The Labute approximate surface area is 143 Å². The largest absolute Gasteiger partial charge is 0.334 e. The highest BCUT2D eigenvalue weighted by Gasteiger charge is 2.07. The van der Waals surface area contributed by atoms with Gasteiger partial charge in [0.15, 0.2) is 0 Å². The maximum absolute atomic E-state index is 12.0. The Morgan fingerprint density at radius 2 is 2.00 bits per heavy atom. The van der Waals surface area contributed by atoms with E-state index in [1.54, 1.807) is 35.2 Å². The topological polar surface area (TPSA) is 84.7 Å². The number of benzene rings is 1. The minimum Gasteiger partial charge on any atom is -0.334 e. The predicted octanol–water partition coefficient (Wildman–Crippen LogP) is 2.95. The van der Waals surface area contributed by atoms with Gasteiger partial charge < -0.3 is 5.32 Å². The van der Waals surface area contributed by atoms with Gasteiger partial charge in [-0.2, -0.15) is 0 Å². The zero-order valence-corrected chi connectivity index (χ0v) is 13.7. The summed E-state index contributed by atoms with van der Waals surface area (Å²) in [7, 11) is 0. The van der Waals surface area contributed by atoms with Gasteiger partial charge in [0.2, 0.25) is 0 Å². The summed E-state index contributed by atoms with van der Waals surface area (Å²) in [5.41, 5.74) is 0.951. The van der Waals surface area contributed by atoms with Gasteiger partial charge in [0.1, 0.15) is 23.8 Å². The van der Waals surface area contributed by atoms with Crippen molar-refractivity contribution in [2.24, 2.45) is 0 Å². The quantitative estimate of drug-likeness (QED) is 0.763. The highest BCUT2D eigenvalue weighted by Crippen LogP contribution is 2.11. The molecule has 0 aliphatic carbocycles. The summed E-state index contributed by atoms with van der Waals surface area (Å²) in [5.74, 6) is 1.83. The summed E-state index contributed by atoms with van der Waals surface area (Å²) in [6.07, 6.45) is 4.87. The van der Waals surface area contributed by atoms with E-state index in [4.69, 9.17) is 11.6 Å². The lowest BCUT2D eigenvalue weighted by Gasteiger charge is -2.09. The molecular weight excluding hydrogens is 328 g/mol. The second-order valence-electron chi connectivity index (χ2n) is 5.04. The van der Waals surface area contributed by atoms with Crippen LogP contribution in [0.2, 0.25) is 5.02 Å². The maximum Gasteiger partial charge on any atom is 0.320 e. The van der Waals surface area contributed by atoms with E-state index >= 15 is 0 Å². The molecular formula is C16H15ClN6O. The van der Waals surface area contributed by atoms with Crippen molar-refractivity contribution in [3.05, 3.63) is 65.5 Å². The monoisotopic (exact) mass is 342 g/mol. The molecule has 0 atom stereocenters. The van der Waals surface area contributed by atoms with Crippen molar-refractivity contribution in [1.29, 1.82) is 0 Å². The molecule has 122 valence electrons. The van der Waals surface area contributed by atoms with E-state index < -0.39 is 0 Å². The molecule has 0 radical (unpaired) electrons. The SMILES string of the molecule is Cc1nccn1-c1cc(NC(=O)NCc2ccc(Cl)cc2)ncn1. The first kappa shape index (κ1) is 15.9. The van der Waals surface area contributed by atoms with Crippen LogP contribution in [0.3, 0.4) is 0 Å². The Morgan fingerprint density at radius 3 is 2.71 bits per heavy atom. The van der Waals surface area contributed by atoms with Gasteiger partial charge in [0.05, 0.1) is 0 Å². The molecule has 0 fully saturated rings. The number of aryl methyl sites for hydroxylation is 1. The molecule has 2 heterocycles. The summed E-state index contributed by atoms with van der Waals surface area (Å²) >= 11 is 5.83. The van der Waals surface area contributed by atoms with Crippen molar-refractivity contribution in [3.63, 3.8) is 0 Å². The number of carbonyl (C=O) groups excluding carboxylic acids is 1. The van der Waals surface area contributed by atoms with Crippen LogP contribution in [0.15, 0.2) is 49.1 Å². The Bertz CT molecular complexity index is 846. The number of hydrogen-bond donors (Lipinski definition) is 2. The van der Waals surface area contributed by atoms with E-state index in [-0.39, 0.29) is 6.03 Å². The van der Waals surface area contributed by atoms with Crippen LogP contribution in [0.1, 0.15) is 11.4 Å². The molecule has 0 spiro atoms. The number of carbonyl (C=O) groups is 1. The van der Waals surface area contributed by atoms with Crippen molar-refractivity contribution in [1.82, 2.24) is 24.8 Å². The van der Waals surface area contributed by atoms with Gasteiger partial charge >= 0.3 is 6.03 Å². The molecule has 2 amide bonds. The first-order valence-corrected chi connectivity index (χ1v) is 7.61. The summed E-state index contributed by atoms with van der Waals surface area (Å²) in [6.45, 7) is 2.26. The average Bonchev–Trinajstić information content (AvgIpc) is 3.01. The molecule has 3 aromatic rings. The Balaban J connectivity index is 1.62. The number of imidazole rings is 1. The number of nitrogens with one attached hydrogen (secondary N) is 2. The highest BCUT2D eigenvalue weighted by molar-refractivity contribution is 6.30. The number of rotatable bonds is 4. The maximum atomic E-state index is 12.0. The van der Waals surface area contributed by atoms with Crippen LogP contribution in [0.25, 0.3) is 5.82 Å². The molecule has 8 heteroatoms. The normalized spacial score (nSPS) is 10.4. The number of hydrogen-bond acceptors (Lipinski definition) is 4. The van der Waals surface area contributed by atoms with Crippen LogP contribution in [-0.2, 0) is 6.54 Å². The zero-order valence-electron chi connectivity index (χ0n) is 12.9. The minimum absolute atomic E-state index is 0.350. The fourth-order valence-electron chi connectivity index (χ4n) is 2.11. The Kier molecular flexibility index (Phi) is 4.72. The third kappa shape index (κ3) is 3.88. The van der Waals surface area contributed by atoms with Crippen molar-refractivity contribution in [2.75, 3.05) is 5.32 Å². The summed E-state index contributed by atoms with van der Waals surface area (Å²) < 4.78 is 1.80. The Hall–Kier alpha value is -2.93. The first-order valence-electron chi connectivity index (χ1n) is 7.23. The minimum atomic E-state index is -0.350. The van der Waals surface area contributed by atoms with Gasteiger partial charge in [-0.3, -0.25) is 9.88 Å². The van der Waals surface area contributed by atoms with E-state index in [9.17, 15) is 4.79 Å². The van der Waals surface area contributed by atoms with Crippen molar-refractivity contribution >= 4 is 23.4 Å². The molecule has 0 aliphatic heterocycles. The molecule has 0 unspecified atom stereocenters. The van der Waals surface area contributed by atoms with Gasteiger partial charge in [-0.05, 0) is 24.6 Å². The number of aromatic nitrogens is 4. The van der Waals surface area contributed by atoms with E-state index in [0.29, 0.717) is 23.2 Å². The van der Waals surface area contributed by atoms with E-state index in [1.165, 1.54) is 6.33 Å². The van der Waals surface area contributed by atoms with Crippen LogP contribution in [-0.4, -0.2) is 25.6 Å². The molecule has 1 aromatic carbocycles.